The average Bonchev–Trinajstić information content (AvgIpc) is 1.88. The third-order valence-electron chi connectivity index (χ3n) is 1.05. The Morgan fingerprint density at radius 1 is 1.50 bits per heavy atom. The van der Waals surface area contributed by atoms with Crippen molar-refractivity contribution in [3.63, 3.8) is 0 Å². The van der Waals surface area contributed by atoms with Gasteiger partial charge in [0.15, 0.2) is 0 Å². The first-order valence-electron chi connectivity index (χ1n) is 2.60. The van der Waals surface area contributed by atoms with Gasteiger partial charge in [0.05, 0.1) is 6.57 Å². The van der Waals surface area contributed by atoms with Crippen LogP contribution in [0.25, 0.3) is 4.85 Å². The molecule has 0 aliphatic rings. The number of hydrogen-bond donors (Lipinski definition) is 1. The van der Waals surface area contributed by atoms with Gasteiger partial charge in [-0.05, 0) is 12.1 Å². The second-order valence-corrected chi connectivity index (χ2v) is 2.60. The highest BCUT2D eigenvalue weighted by Crippen LogP contribution is 2.28. The third-order valence-corrected chi connectivity index (χ3v) is 1.69. The van der Waals surface area contributed by atoms with Gasteiger partial charge in [-0.3, -0.25) is 0 Å². The molecular formula is C7H4BrNO. The summed E-state index contributed by atoms with van der Waals surface area (Å²) in [7, 11) is 0. The molecule has 0 saturated carbocycles. The van der Waals surface area contributed by atoms with Crippen molar-refractivity contribution in [2.75, 3.05) is 0 Å². The molecule has 50 valence electrons. The van der Waals surface area contributed by atoms with E-state index in [-0.39, 0.29) is 5.75 Å². The number of phenols is 1. The van der Waals surface area contributed by atoms with E-state index >= 15 is 0 Å². The van der Waals surface area contributed by atoms with Crippen molar-refractivity contribution in [1.82, 2.24) is 0 Å². The zero-order valence-electron chi connectivity index (χ0n) is 5.00. The Morgan fingerprint density at radius 2 is 2.20 bits per heavy atom. The van der Waals surface area contributed by atoms with Crippen LogP contribution >= 0.6 is 15.9 Å². The third kappa shape index (κ3) is 1.28. The van der Waals surface area contributed by atoms with Crippen LogP contribution in [0.1, 0.15) is 0 Å². The van der Waals surface area contributed by atoms with Crippen LogP contribution in [-0.2, 0) is 0 Å². The van der Waals surface area contributed by atoms with Crippen molar-refractivity contribution in [3.05, 3.63) is 34.1 Å². The topological polar surface area (TPSA) is 24.6 Å². The van der Waals surface area contributed by atoms with Gasteiger partial charge in [0, 0.05) is 4.47 Å². The number of aromatic hydroxyl groups is 1. The second kappa shape index (κ2) is 2.72. The fourth-order valence-electron chi connectivity index (χ4n) is 0.586. The van der Waals surface area contributed by atoms with Crippen molar-refractivity contribution in [3.8, 4) is 5.75 Å². The molecule has 3 heteroatoms. The highest BCUT2D eigenvalue weighted by Gasteiger charge is 1.97. The number of halogens is 1. The Morgan fingerprint density at radius 3 is 2.70 bits per heavy atom. The van der Waals surface area contributed by atoms with Crippen LogP contribution in [0.2, 0.25) is 0 Å². The van der Waals surface area contributed by atoms with Crippen LogP contribution in [0, 0.1) is 6.57 Å². The lowest BCUT2D eigenvalue weighted by atomic mass is 10.3. The van der Waals surface area contributed by atoms with Gasteiger partial charge in [0.1, 0.15) is 5.75 Å². The quantitative estimate of drug-likeness (QED) is 0.636. The summed E-state index contributed by atoms with van der Waals surface area (Å²) in [6, 6.07) is 4.54. The predicted molar refractivity (Wildman–Crippen MR) is 42.1 cm³/mol. The van der Waals surface area contributed by atoms with E-state index < -0.39 is 0 Å². The van der Waals surface area contributed by atoms with E-state index in [1.54, 1.807) is 6.07 Å². The van der Waals surface area contributed by atoms with Crippen molar-refractivity contribution in [2.45, 2.75) is 0 Å². The van der Waals surface area contributed by atoms with Gasteiger partial charge in [-0.15, -0.1) is 0 Å². The second-order valence-electron chi connectivity index (χ2n) is 1.75. The van der Waals surface area contributed by atoms with Crippen LogP contribution in [0.15, 0.2) is 22.7 Å². The molecule has 0 radical (unpaired) electrons. The maximum absolute atomic E-state index is 8.90. The van der Waals surface area contributed by atoms with Crippen molar-refractivity contribution in [1.29, 1.82) is 0 Å². The highest BCUT2D eigenvalue weighted by atomic mass is 79.9. The maximum Gasteiger partial charge on any atom is 0.201 e. The molecule has 1 aromatic carbocycles. The zero-order chi connectivity index (χ0) is 7.56. The number of phenolic OH excluding ortho intramolecular Hbond substituents is 1. The zero-order valence-corrected chi connectivity index (χ0v) is 6.59. The number of nitrogens with zero attached hydrogens (tertiary/aromatic N) is 1. The van der Waals surface area contributed by atoms with Crippen LogP contribution in [0.4, 0.5) is 5.69 Å². The Balaban J connectivity index is 3.23. The number of rotatable bonds is 0. The monoisotopic (exact) mass is 197 g/mol. The minimum atomic E-state index is 0.166. The summed E-state index contributed by atoms with van der Waals surface area (Å²) in [5.41, 5.74) is 0.512. The predicted octanol–water partition coefficient (Wildman–Crippen LogP) is 2.71. The van der Waals surface area contributed by atoms with E-state index in [2.05, 4.69) is 20.8 Å². The van der Waals surface area contributed by atoms with Gasteiger partial charge in [-0.1, -0.05) is 22.0 Å². The average molecular weight is 198 g/mol. The summed E-state index contributed by atoms with van der Waals surface area (Å²) in [5.74, 6) is 0.166. The molecule has 0 amide bonds. The van der Waals surface area contributed by atoms with Crippen molar-refractivity contribution in [2.24, 2.45) is 0 Å². The summed E-state index contributed by atoms with van der Waals surface area (Å²) in [6.07, 6.45) is 0. The molecule has 10 heavy (non-hydrogen) atoms. The lowest BCUT2D eigenvalue weighted by molar-refractivity contribution is 0.475. The molecule has 0 spiro atoms. The number of benzene rings is 1. The first kappa shape index (κ1) is 7.10. The molecule has 0 fully saturated rings. The standard InChI is InChI=1S/C7H4BrNO/c1-9-7-3-2-5(10)4-6(7)8/h2-4,10H. The van der Waals surface area contributed by atoms with Crippen LogP contribution < -0.4 is 0 Å². The van der Waals surface area contributed by atoms with E-state index in [9.17, 15) is 0 Å². The van der Waals surface area contributed by atoms with E-state index in [1.165, 1.54) is 12.1 Å². The molecule has 0 bridgehead atoms. The summed E-state index contributed by atoms with van der Waals surface area (Å²) >= 11 is 3.13. The molecule has 0 atom stereocenters. The molecular weight excluding hydrogens is 194 g/mol. The largest absolute Gasteiger partial charge is 0.508 e. The Hall–Kier alpha value is -1.01. The Kier molecular flexibility index (Phi) is 1.93. The molecule has 0 unspecified atom stereocenters. The molecule has 2 nitrogen and oxygen atoms in total. The van der Waals surface area contributed by atoms with Gasteiger partial charge in [-0.25, -0.2) is 4.85 Å². The van der Waals surface area contributed by atoms with E-state index in [0.717, 1.165) is 0 Å². The molecule has 1 aromatic rings. The minimum Gasteiger partial charge on any atom is -0.508 e. The van der Waals surface area contributed by atoms with Crippen molar-refractivity contribution < 1.29 is 5.11 Å². The van der Waals surface area contributed by atoms with Crippen molar-refractivity contribution >= 4 is 21.6 Å². The molecule has 0 aliphatic carbocycles. The van der Waals surface area contributed by atoms with E-state index in [1.807, 2.05) is 0 Å². The molecule has 0 saturated heterocycles. The molecule has 0 aromatic heterocycles. The molecule has 1 rings (SSSR count). The summed E-state index contributed by atoms with van der Waals surface area (Å²) in [5, 5.41) is 8.90. The molecule has 1 N–H and O–H groups in total. The van der Waals surface area contributed by atoms with Gasteiger partial charge in [0.2, 0.25) is 5.69 Å². The maximum atomic E-state index is 8.90. The van der Waals surface area contributed by atoms with E-state index in [4.69, 9.17) is 11.7 Å². The van der Waals surface area contributed by atoms with E-state index in [0.29, 0.717) is 10.2 Å². The first-order valence-corrected chi connectivity index (χ1v) is 3.39. The van der Waals surface area contributed by atoms with Crippen LogP contribution in [0.5, 0.6) is 5.75 Å². The molecule has 0 aliphatic heterocycles. The summed E-state index contributed by atoms with van der Waals surface area (Å²) in [4.78, 5) is 3.20. The lowest BCUT2D eigenvalue weighted by Gasteiger charge is -1.93. The van der Waals surface area contributed by atoms with Gasteiger partial charge in [0.25, 0.3) is 0 Å². The fourth-order valence-corrected chi connectivity index (χ4v) is 1.04. The summed E-state index contributed by atoms with van der Waals surface area (Å²) < 4.78 is 0.627. The normalized spacial score (nSPS) is 8.80. The SMILES string of the molecule is [C-]#[N+]c1ccc(O)cc1Br. The highest BCUT2D eigenvalue weighted by molar-refractivity contribution is 9.10. The first-order chi connectivity index (χ1) is 4.74. The van der Waals surface area contributed by atoms with Crippen LogP contribution in [-0.4, -0.2) is 5.11 Å². The van der Waals surface area contributed by atoms with Gasteiger partial charge >= 0.3 is 0 Å². The fraction of sp³-hybridized carbons (Fsp3) is 0. The van der Waals surface area contributed by atoms with Crippen LogP contribution in [0.3, 0.4) is 0 Å². The van der Waals surface area contributed by atoms with Gasteiger partial charge in [-0.2, -0.15) is 0 Å². The Labute approximate surface area is 67.1 Å². The van der Waals surface area contributed by atoms with Gasteiger partial charge < -0.3 is 5.11 Å². The summed E-state index contributed by atoms with van der Waals surface area (Å²) in [6.45, 7) is 6.67. The Bertz CT molecular complexity index is 290. The number of hydrogen-bond acceptors (Lipinski definition) is 1. The molecule has 0 heterocycles. The lowest BCUT2D eigenvalue weighted by Crippen LogP contribution is -1.65. The minimum absolute atomic E-state index is 0.166. The smallest absolute Gasteiger partial charge is 0.201 e.